The number of carbonyl (C=O) groups is 1. The number of carboxylic acid groups (broad SMARTS) is 1. The quantitative estimate of drug-likeness (QED) is 0.689. The van der Waals surface area contributed by atoms with Crippen molar-refractivity contribution in [1.29, 1.82) is 0 Å². The van der Waals surface area contributed by atoms with E-state index in [1.165, 1.54) is 37.8 Å². The van der Waals surface area contributed by atoms with Crippen LogP contribution in [0.2, 0.25) is 0 Å². The van der Waals surface area contributed by atoms with Crippen LogP contribution in [0.4, 0.5) is 4.39 Å². The summed E-state index contributed by atoms with van der Waals surface area (Å²) in [5.41, 5.74) is 0.722. The van der Waals surface area contributed by atoms with Crippen LogP contribution in [0, 0.1) is 5.82 Å². The molecule has 8 heteroatoms. The van der Waals surface area contributed by atoms with Crippen LogP contribution in [0.1, 0.15) is 15.9 Å². The molecule has 0 radical (unpaired) electrons. The molecule has 1 N–H and O–H groups in total. The zero-order chi connectivity index (χ0) is 19.6. The van der Waals surface area contributed by atoms with Crippen LogP contribution in [-0.4, -0.2) is 26.6 Å². The third-order valence-electron chi connectivity index (χ3n) is 4.01. The van der Waals surface area contributed by atoms with Gasteiger partial charge in [-0.3, -0.25) is 0 Å². The van der Waals surface area contributed by atoms with Crippen molar-refractivity contribution < 1.29 is 31.9 Å². The van der Waals surface area contributed by atoms with Crippen LogP contribution in [0.3, 0.4) is 0 Å². The molecule has 0 saturated carbocycles. The van der Waals surface area contributed by atoms with Crippen LogP contribution >= 0.6 is 0 Å². The number of methoxy groups -OCH3 is 1. The number of hydrogen-bond acceptors (Lipinski definition) is 5. The van der Waals surface area contributed by atoms with E-state index in [9.17, 15) is 22.7 Å². The fraction of sp³-hybridized carbons (Fsp3) is 0.105. The molecule has 6 nitrogen and oxygen atoms in total. The number of hydrogen-bond donors (Lipinski definition) is 1. The van der Waals surface area contributed by atoms with Crippen molar-refractivity contribution in [2.45, 2.75) is 10.6 Å². The van der Waals surface area contributed by atoms with Gasteiger partial charge >= 0.3 is 5.97 Å². The predicted octanol–water partition coefficient (Wildman–Crippen LogP) is 3.77. The number of carboxylic acids is 1. The molecule has 0 aliphatic carbocycles. The number of ether oxygens (including phenoxy) is 1. The first kappa shape index (κ1) is 18.7. The average molecular weight is 390 g/mol. The fourth-order valence-corrected chi connectivity index (χ4v) is 4.27. The fourth-order valence-electron chi connectivity index (χ4n) is 2.81. The lowest BCUT2D eigenvalue weighted by atomic mass is 9.99. The van der Waals surface area contributed by atoms with Gasteiger partial charge in [-0.1, -0.05) is 24.3 Å². The maximum atomic E-state index is 13.9. The Bertz CT molecular complexity index is 1090. The SMILES string of the molecule is COc1c(-c2ccoc2)ccc(CS(=O)(=O)c2ccccc2F)c1C(=O)O. The molecule has 27 heavy (non-hydrogen) atoms. The van der Waals surface area contributed by atoms with Crippen LogP contribution in [0.25, 0.3) is 11.1 Å². The van der Waals surface area contributed by atoms with Crippen molar-refractivity contribution in [1.82, 2.24) is 0 Å². The second-order valence-electron chi connectivity index (χ2n) is 5.69. The number of benzene rings is 2. The van der Waals surface area contributed by atoms with E-state index in [4.69, 9.17) is 9.15 Å². The molecule has 0 atom stereocenters. The Balaban J connectivity index is 2.14. The summed E-state index contributed by atoms with van der Waals surface area (Å²) in [6, 6.07) is 9.50. The Labute approximate surface area is 154 Å². The minimum atomic E-state index is -4.10. The van der Waals surface area contributed by atoms with Crippen molar-refractivity contribution in [3.05, 3.63) is 71.9 Å². The highest BCUT2D eigenvalue weighted by Gasteiger charge is 2.26. The van der Waals surface area contributed by atoms with E-state index in [0.717, 1.165) is 12.1 Å². The van der Waals surface area contributed by atoms with Gasteiger partial charge in [-0.05, 0) is 23.8 Å². The third-order valence-corrected chi connectivity index (χ3v) is 5.70. The number of halogens is 1. The minimum absolute atomic E-state index is 0.00475. The van der Waals surface area contributed by atoms with Crippen LogP contribution < -0.4 is 4.74 Å². The van der Waals surface area contributed by atoms with Gasteiger partial charge in [-0.25, -0.2) is 17.6 Å². The predicted molar refractivity (Wildman–Crippen MR) is 94.9 cm³/mol. The van der Waals surface area contributed by atoms with E-state index < -0.39 is 32.3 Å². The maximum absolute atomic E-state index is 13.9. The molecule has 3 aromatic rings. The van der Waals surface area contributed by atoms with Gasteiger partial charge in [0.2, 0.25) is 0 Å². The minimum Gasteiger partial charge on any atom is -0.495 e. The van der Waals surface area contributed by atoms with Gasteiger partial charge in [0, 0.05) is 11.1 Å². The highest BCUT2D eigenvalue weighted by atomic mass is 32.2. The van der Waals surface area contributed by atoms with Gasteiger partial charge in [0.25, 0.3) is 0 Å². The highest BCUT2D eigenvalue weighted by Crippen LogP contribution is 2.36. The molecule has 140 valence electrons. The number of furan rings is 1. The molecular formula is C19H15FO6S. The van der Waals surface area contributed by atoms with Crippen molar-refractivity contribution in [3.63, 3.8) is 0 Å². The zero-order valence-corrected chi connectivity index (χ0v) is 15.0. The van der Waals surface area contributed by atoms with E-state index in [-0.39, 0.29) is 16.9 Å². The summed E-state index contributed by atoms with van der Waals surface area (Å²) in [4.78, 5) is 11.4. The first-order valence-corrected chi connectivity index (χ1v) is 9.43. The van der Waals surface area contributed by atoms with Crippen LogP contribution in [-0.2, 0) is 15.6 Å². The molecule has 1 aromatic heterocycles. The molecule has 0 aliphatic heterocycles. The lowest BCUT2D eigenvalue weighted by Gasteiger charge is -2.15. The number of sulfone groups is 1. The first-order chi connectivity index (χ1) is 12.8. The topological polar surface area (TPSA) is 93.8 Å². The molecule has 0 bridgehead atoms. The molecule has 3 rings (SSSR count). The van der Waals surface area contributed by atoms with E-state index in [1.807, 2.05) is 0 Å². The Hall–Kier alpha value is -3.13. The van der Waals surface area contributed by atoms with Crippen molar-refractivity contribution in [2.75, 3.05) is 7.11 Å². The summed E-state index contributed by atoms with van der Waals surface area (Å²) in [6.45, 7) is 0. The summed E-state index contributed by atoms with van der Waals surface area (Å²) < 4.78 is 49.4. The lowest BCUT2D eigenvalue weighted by molar-refractivity contribution is 0.0692. The summed E-state index contributed by atoms with van der Waals surface area (Å²) in [6.07, 6.45) is 2.84. The number of aromatic carboxylic acids is 1. The van der Waals surface area contributed by atoms with Gasteiger partial charge in [-0.15, -0.1) is 0 Å². The molecule has 0 aliphatic rings. The standard InChI is InChI=1S/C19H15FO6S/c1-25-18-14(12-8-9-26-10-12)7-6-13(17(18)19(21)22)11-27(23,24)16-5-3-2-4-15(16)20/h2-10H,11H2,1H3,(H,21,22). The summed E-state index contributed by atoms with van der Waals surface area (Å²) in [5.74, 6) is -2.92. The number of rotatable bonds is 6. The summed E-state index contributed by atoms with van der Waals surface area (Å²) >= 11 is 0. The van der Waals surface area contributed by atoms with E-state index >= 15 is 0 Å². The van der Waals surface area contributed by atoms with E-state index in [2.05, 4.69) is 0 Å². The smallest absolute Gasteiger partial charge is 0.339 e. The Morgan fingerprint density at radius 2 is 1.93 bits per heavy atom. The highest BCUT2D eigenvalue weighted by molar-refractivity contribution is 7.90. The van der Waals surface area contributed by atoms with Crippen molar-refractivity contribution in [2.24, 2.45) is 0 Å². The third kappa shape index (κ3) is 3.56. The monoisotopic (exact) mass is 390 g/mol. The molecule has 0 spiro atoms. The zero-order valence-electron chi connectivity index (χ0n) is 14.2. The Morgan fingerprint density at radius 1 is 1.19 bits per heavy atom. The molecule has 0 amide bonds. The second-order valence-corrected chi connectivity index (χ2v) is 7.65. The van der Waals surface area contributed by atoms with Gasteiger partial charge in [0.05, 0.1) is 25.4 Å². The maximum Gasteiger partial charge on any atom is 0.339 e. The normalized spacial score (nSPS) is 11.3. The van der Waals surface area contributed by atoms with Crippen LogP contribution in [0.15, 0.2) is 64.3 Å². The summed E-state index contributed by atoms with van der Waals surface area (Å²) in [5, 5.41) is 9.65. The Kier molecular flexibility index (Phi) is 5.00. The van der Waals surface area contributed by atoms with E-state index in [1.54, 1.807) is 12.1 Å². The van der Waals surface area contributed by atoms with Crippen LogP contribution in [0.5, 0.6) is 5.75 Å². The lowest BCUT2D eigenvalue weighted by Crippen LogP contribution is -2.12. The Morgan fingerprint density at radius 3 is 2.52 bits per heavy atom. The van der Waals surface area contributed by atoms with E-state index in [0.29, 0.717) is 11.1 Å². The average Bonchev–Trinajstić information content (AvgIpc) is 3.15. The van der Waals surface area contributed by atoms with Crippen molar-refractivity contribution >= 4 is 15.8 Å². The second kappa shape index (κ2) is 7.24. The van der Waals surface area contributed by atoms with Gasteiger partial charge in [0.15, 0.2) is 9.84 Å². The van der Waals surface area contributed by atoms with Gasteiger partial charge in [0.1, 0.15) is 22.0 Å². The largest absolute Gasteiger partial charge is 0.495 e. The molecule has 2 aromatic carbocycles. The molecule has 1 heterocycles. The molecule has 0 unspecified atom stereocenters. The molecule has 0 fully saturated rings. The molecule has 0 saturated heterocycles. The van der Waals surface area contributed by atoms with Gasteiger partial charge in [-0.2, -0.15) is 0 Å². The molecular weight excluding hydrogens is 375 g/mol. The van der Waals surface area contributed by atoms with Gasteiger partial charge < -0.3 is 14.3 Å². The summed E-state index contributed by atoms with van der Waals surface area (Å²) in [7, 11) is -2.81. The van der Waals surface area contributed by atoms with Crippen molar-refractivity contribution in [3.8, 4) is 16.9 Å². The first-order valence-electron chi connectivity index (χ1n) is 7.78.